The minimum atomic E-state index is -0.130. The van der Waals surface area contributed by atoms with Crippen LogP contribution in [0.25, 0.3) is 6.08 Å². The molecule has 2 rings (SSSR count). The molecule has 0 amide bonds. The standard InChI is InChI=1S/C20H21Cl2NO2/c1-23(2)12-5-13-25-20-7-4-3-6-17(20)19(24)11-9-15-8-10-16(21)14-18(15)22/h3-4,6-11,14H,5,12-13H2,1-2H3. The zero-order valence-corrected chi connectivity index (χ0v) is 15.8. The Bertz CT molecular complexity index is 757. The van der Waals surface area contributed by atoms with Gasteiger partial charge in [-0.2, -0.15) is 0 Å². The highest BCUT2D eigenvalue weighted by Crippen LogP contribution is 2.23. The van der Waals surface area contributed by atoms with Gasteiger partial charge in [0.05, 0.1) is 12.2 Å². The fourth-order valence-electron chi connectivity index (χ4n) is 2.25. The Balaban J connectivity index is 2.07. The van der Waals surface area contributed by atoms with Gasteiger partial charge in [-0.15, -0.1) is 0 Å². The van der Waals surface area contributed by atoms with Gasteiger partial charge in [-0.05, 0) is 62.5 Å². The van der Waals surface area contributed by atoms with E-state index in [1.54, 1.807) is 30.3 Å². The molecule has 0 saturated carbocycles. The second-order valence-corrected chi connectivity index (χ2v) is 6.71. The van der Waals surface area contributed by atoms with E-state index in [2.05, 4.69) is 4.90 Å². The molecule has 132 valence electrons. The molecule has 0 aliphatic rings. The van der Waals surface area contributed by atoms with Crippen LogP contribution in [0.2, 0.25) is 10.0 Å². The maximum absolute atomic E-state index is 12.5. The van der Waals surface area contributed by atoms with Gasteiger partial charge in [0.1, 0.15) is 5.75 Å². The van der Waals surface area contributed by atoms with E-state index in [0.29, 0.717) is 28.0 Å². The van der Waals surface area contributed by atoms with E-state index in [4.69, 9.17) is 27.9 Å². The third kappa shape index (κ3) is 6.20. The maximum Gasteiger partial charge on any atom is 0.189 e. The lowest BCUT2D eigenvalue weighted by atomic mass is 10.1. The lowest BCUT2D eigenvalue weighted by Crippen LogP contribution is -2.16. The highest BCUT2D eigenvalue weighted by Gasteiger charge is 2.09. The number of hydrogen-bond donors (Lipinski definition) is 0. The van der Waals surface area contributed by atoms with E-state index in [1.807, 2.05) is 32.3 Å². The fraction of sp³-hybridized carbons (Fsp3) is 0.250. The van der Waals surface area contributed by atoms with Crippen molar-refractivity contribution in [3.63, 3.8) is 0 Å². The third-order valence-electron chi connectivity index (χ3n) is 3.54. The Morgan fingerprint density at radius 2 is 1.92 bits per heavy atom. The number of nitrogens with zero attached hydrogens (tertiary/aromatic N) is 1. The monoisotopic (exact) mass is 377 g/mol. The van der Waals surface area contributed by atoms with Crippen LogP contribution < -0.4 is 4.74 Å². The van der Waals surface area contributed by atoms with Crippen LogP contribution >= 0.6 is 23.2 Å². The number of para-hydroxylation sites is 1. The summed E-state index contributed by atoms with van der Waals surface area (Å²) in [5.74, 6) is 0.465. The number of ether oxygens (including phenoxy) is 1. The number of allylic oxidation sites excluding steroid dienone is 1. The summed E-state index contributed by atoms with van der Waals surface area (Å²) in [5.41, 5.74) is 1.28. The molecule has 0 unspecified atom stereocenters. The molecular weight excluding hydrogens is 357 g/mol. The highest BCUT2D eigenvalue weighted by molar-refractivity contribution is 6.35. The summed E-state index contributed by atoms with van der Waals surface area (Å²) in [6.45, 7) is 1.50. The first-order valence-electron chi connectivity index (χ1n) is 8.01. The van der Waals surface area contributed by atoms with Gasteiger partial charge in [-0.3, -0.25) is 4.79 Å². The second-order valence-electron chi connectivity index (χ2n) is 5.86. The molecule has 0 saturated heterocycles. The van der Waals surface area contributed by atoms with E-state index in [9.17, 15) is 4.79 Å². The van der Waals surface area contributed by atoms with Gasteiger partial charge in [0.2, 0.25) is 0 Å². The van der Waals surface area contributed by atoms with Gasteiger partial charge in [0.15, 0.2) is 5.78 Å². The van der Waals surface area contributed by atoms with Gasteiger partial charge in [0.25, 0.3) is 0 Å². The molecule has 0 N–H and O–H groups in total. The molecule has 0 fully saturated rings. The molecule has 2 aromatic carbocycles. The van der Waals surface area contributed by atoms with Crippen molar-refractivity contribution in [2.45, 2.75) is 6.42 Å². The molecule has 0 heterocycles. The summed E-state index contributed by atoms with van der Waals surface area (Å²) in [5, 5.41) is 1.06. The van der Waals surface area contributed by atoms with Crippen LogP contribution in [0.5, 0.6) is 5.75 Å². The predicted octanol–water partition coefficient (Wildman–Crippen LogP) is 5.22. The molecule has 0 atom stereocenters. The second kappa shape index (κ2) is 9.62. The van der Waals surface area contributed by atoms with Gasteiger partial charge in [-0.1, -0.05) is 41.4 Å². The summed E-state index contributed by atoms with van der Waals surface area (Å²) in [7, 11) is 4.04. The molecule has 0 bridgehead atoms. The van der Waals surface area contributed by atoms with Crippen molar-refractivity contribution in [1.29, 1.82) is 0 Å². The average Bonchev–Trinajstić information content (AvgIpc) is 2.58. The van der Waals surface area contributed by atoms with E-state index in [1.165, 1.54) is 6.08 Å². The molecule has 0 aliphatic heterocycles. The van der Waals surface area contributed by atoms with Crippen molar-refractivity contribution in [1.82, 2.24) is 4.90 Å². The fourth-order valence-corrected chi connectivity index (χ4v) is 2.72. The first-order chi connectivity index (χ1) is 12.0. The Morgan fingerprint density at radius 3 is 2.64 bits per heavy atom. The lowest BCUT2D eigenvalue weighted by molar-refractivity contribution is 0.104. The van der Waals surface area contributed by atoms with Gasteiger partial charge < -0.3 is 9.64 Å². The normalized spacial score (nSPS) is 11.2. The molecule has 0 radical (unpaired) electrons. The van der Waals surface area contributed by atoms with Crippen molar-refractivity contribution in [3.05, 3.63) is 69.7 Å². The van der Waals surface area contributed by atoms with Gasteiger partial charge in [-0.25, -0.2) is 0 Å². The SMILES string of the molecule is CN(C)CCCOc1ccccc1C(=O)C=Cc1ccc(Cl)cc1Cl. The van der Waals surface area contributed by atoms with Crippen LogP contribution in [-0.4, -0.2) is 37.9 Å². The summed E-state index contributed by atoms with van der Waals surface area (Å²) in [6, 6.07) is 12.4. The highest BCUT2D eigenvalue weighted by atomic mass is 35.5. The Labute approximate surface area is 158 Å². The smallest absolute Gasteiger partial charge is 0.189 e. The number of hydrogen-bond acceptors (Lipinski definition) is 3. The van der Waals surface area contributed by atoms with E-state index < -0.39 is 0 Å². The average molecular weight is 378 g/mol. The number of benzene rings is 2. The maximum atomic E-state index is 12.5. The number of halogens is 2. The molecule has 0 aromatic heterocycles. The first kappa shape index (κ1) is 19.5. The summed E-state index contributed by atoms with van der Waals surface area (Å²) < 4.78 is 5.78. The minimum Gasteiger partial charge on any atom is -0.493 e. The van der Waals surface area contributed by atoms with E-state index >= 15 is 0 Å². The van der Waals surface area contributed by atoms with Crippen LogP contribution in [0.3, 0.4) is 0 Å². The molecule has 0 spiro atoms. The Morgan fingerprint density at radius 1 is 1.16 bits per heavy atom. The van der Waals surface area contributed by atoms with Crippen molar-refractivity contribution in [2.24, 2.45) is 0 Å². The van der Waals surface area contributed by atoms with Crippen LogP contribution in [0.15, 0.2) is 48.5 Å². The molecule has 3 nitrogen and oxygen atoms in total. The number of ketones is 1. The largest absolute Gasteiger partial charge is 0.493 e. The summed E-state index contributed by atoms with van der Waals surface area (Å²) in [6.07, 6.45) is 4.08. The van der Waals surface area contributed by atoms with Crippen molar-refractivity contribution >= 4 is 35.1 Å². The quantitative estimate of drug-likeness (QED) is 0.358. The van der Waals surface area contributed by atoms with Crippen molar-refractivity contribution < 1.29 is 9.53 Å². The number of rotatable bonds is 8. The van der Waals surface area contributed by atoms with Crippen LogP contribution in [0, 0.1) is 0 Å². The predicted molar refractivity (Wildman–Crippen MR) is 105 cm³/mol. The Kier molecular flexibility index (Phi) is 7.51. The molecule has 25 heavy (non-hydrogen) atoms. The zero-order chi connectivity index (χ0) is 18.2. The molecule has 5 heteroatoms. The Hall–Kier alpha value is -1.81. The summed E-state index contributed by atoms with van der Waals surface area (Å²) >= 11 is 12.0. The van der Waals surface area contributed by atoms with Crippen LogP contribution in [-0.2, 0) is 0 Å². The number of carbonyl (C=O) groups is 1. The topological polar surface area (TPSA) is 29.5 Å². The molecule has 2 aromatic rings. The van der Waals surface area contributed by atoms with Crippen LogP contribution in [0.4, 0.5) is 0 Å². The van der Waals surface area contributed by atoms with Crippen LogP contribution in [0.1, 0.15) is 22.3 Å². The van der Waals surface area contributed by atoms with Gasteiger partial charge >= 0.3 is 0 Å². The van der Waals surface area contributed by atoms with Crippen molar-refractivity contribution in [2.75, 3.05) is 27.2 Å². The minimum absolute atomic E-state index is 0.130. The first-order valence-corrected chi connectivity index (χ1v) is 8.77. The summed E-state index contributed by atoms with van der Waals surface area (Å²) in [4.78, 5) is 14.6. The molecular formula is C20H21Cl2NO2. The third-order valence-corrected chi connectivity index (χ3v) is 4.10. The van der Waals surface area contributed by atoms with Gasteiger partial charge in [0, 0.05) is 16.6 Å². The van der Waals surface area contributed by atoms with Crippen molar-refractivity contribution in [3.8, 4) is 5.75 Å². The number of carbonyl (C=O) groups excluding carboxylic acids is 1. The molecule has 0 aliphatic carbocycles. The van der Waals surface area contributed by atoms with E-state index in [0.717, 1.165) is 18.5 Å². The van der Waals surface area contributed by atoms with E-state index in [-0.39, 0.29) is 5.78 Å². The zero-order valence-electron chi connectivity index (χ0n) is 14.3. The lowest BCUT2D eigenvalue weighted by Gasteiger charge is -2.12.